The molecule has 0 atom stereocenters. The molecule has 64 heavy (non-hydrogen) atoms. The molecule has 1 saturated carbocycles. The van der Waals surface area contributed by atoms with Crippen molar-refractivity contribution < 1.29 is 0 Å². The average molecular weight is 820 g/mol. The van der Waals surface area contributed by atoms with Crippen LogP contribution in [0.25, 0.3) is 101 Å². The van der Waals surface area contributed by atoms with Crippen LogP contribution in [0.4, 0.5) is 0 Å². The van der Waals surface area contributed by atoms with Gasteiger partial charge in [-0.2, -0.15) is 0 Å². The predicted molar refractivity (Wildman–Crippen MR) is 265 cm³/mol. The van der Waals surface area contributed by atoms with E-state index >= 15 is 0 Å². The Labute approximate surface area is 374 Å². The second-order valence-corrected chi connectivity index (χ2v) is 17.4. The lowest BCUT2D eigenvalue weighted by atomic mass is 9.67. The second-order valence-electron chi connectivity index (χ2n) is 17.4. The standard InChI is InChI=1S/C61H45N3/c1-4-16-41(17-5-1)45-20-14-22-48(38-45)59-62-58(63-60(64-59)49-23-15-21-46(39-49)42-18-6-2-7-19-42)44-30-28-43(29-31-44)50-34-35-51(53-25-9-8-24-52(50)53)47-32-33-55-54-26-10-11-27-56(54)61(57(55)40-47)36-12-3-13-37-61/h1-2,4-11,14-35,38-40H,3,12-13,36-37H2. The summed E-state index contributed by atoms with van der Waals surface area (Å²) >= 11 is 0. The Morgan fingerprint density at radius 2 is 0.703 bits per heavy atom. The van der Waals surface area contributed by atoms with Crippen LogP contribution >= 0.6 is 0 Å². The molecule has 1 aromatic heterocycles. The Kier molecular flexibility index (Phi) is 9.41. The molecule has 0 saturated heterocycles. The van der Waals surface area contributed by atoms with Crippen molar-refractivity contribution in [1.82, 2.24) is 15.0 Å². The second kappa shape index (κ2) is 15.9. The molecule has 1 fully saturated rings. The minimum absolute atomic E-state index is 0.121. The van der Waals surface area contributed by atoms with Crippen LogP contribution in [0, 0.1) is 0 Å². The summed E-state index contributed by atoms with van der Waals surface area (Å²) in [7, 11) is 0. The molecule has 2 aliphatic rings. The zero-order valence-electron chi connectivity index (χ0n) is 35.6. The SMILES string of the molecule is c1ccc(-c2cccc(-c3nc(-c4ccc(-c5ccc(-c6ccc7c(c6)C6(CCCCC6)c6ccccc6-7)c6ccccc56)cc4)nc(-c4cccc(-c5ccccc5)c4)n3)c2)cc1. The summed E-state index contributed by atoms with van der Waals surface area (Å²) < 4.78 is 0. The maximum Gasteiger partial charge on any atom is 0.164 e. The quantitative estimate of drug-likeness (QED) is 0.161. The van der Waals surface area contributed by atoms with Crippen LogP contribution in [0.2, 0.25) is 0 Å². The first-order valence-corrected chi connectivity index (χ1v) is 22.6. The van der Waals surface area contributed by atoms with E-state index in [2.05, 4.69) is 200 Å². The molecule has 1 spiro atoms. The lowest BCUT2D eigenvalue weighted by molar-refractivity contribution is 0.353. The molecule has 9 aromatic carbocycles. The highest BCUT2D eigenvalue weighted by molar-refractivity contribution is 6.05. The molecule has 0 bridgehead atoms. The van der Waals surface area contributed by atoms with Gasteiger partial charge in [-0.1, -0.05) is 213 Å². The van der Waals surface area contributed by atoms with E-state index in [1.165, 1.54) is 81.8 Å². The average Bonchev–Trinajstić information content (AvgIpc) is 3.64. The number of aromatic nitrogens is 3. The summed E-state index contributed by atoms with van der Waals surface area (Å²) in [5.41, 5.74) is 18.3. The van der Waals surface area contributed by atoms with Crippen molar-refractivity contribution in [3.8, 4) is 89.8 Å². The molecule has 2 aliphatic carbocycles. The van der Waals surface area contributed by atoms with Crippen LogP contribution < -0.4 is 0 Å². The zero-order valence-corrected chi connectivity index (χ0v) is 35.6. The van der Waals surface area contributed by atoms with E-state index in [9.17, 15) is 0 Å². The lowest BCUT2D eigenvalue weighted by Crippen LogP contribution is -2.28. The van der Waals surface area contributed by atoms with Crippen molar-refractivity contribution in [2.24, 2.45) is 0 Å². The smallest absolute Gasteiger partial charge is 0.164 e. The summed E-state index contributed by atoms with van der Waals surface area (Å²) in [4.78, 5) is 15.5. The van der Waals surface area contributed by atoms with Gasteiger partial charge in [-0.3, -0.25) is 0 Å². The Bertz CT molecular complexity index is 3250. The number of hydrogen-bond acceptors (Lipinski definition) is 3. The van der Waals surface area contributed by atoms with Gasteiger partial charge in [-0.25, -0.2) is 15.0 Å². The Morgan fingerprint density at radius 3 is 1.31 bits per heavy atom. The number of nitrogens with zero attached hydrogens (tertiary/aromatic N) is 3. The molecule has 0 N–H and O–H groups in total. The Morgan fingerprint density at radius 1 is 0.266 bits per heavy atom. The van der Waals surface area contributed by atoms with Gasteiger partial charge in [0.2, 0.25) is 0 Å². The molecule has 1 heterocycles. The summed E-state index contributed by atoms with van der Waals surface area (Å²) in [5.74, 6) is 1.91. The summed E-state index contributed by atoms with van der Waals surface area (Å²) in [6.07, 6.45) is 6.36. The Hall–Kier alpha value is -7.75. The van der Waals surface area contributed by atoms with Crippen molar-refractivity contribution in [3.05, 3.63) is 223 Å². The highest BCUT2D eigenvalue weighted by atomic mass is 15.0. The van der Waals surface area contributed by atoms with Crippen LogP contribution in [0.15, 0.2) is 212 Å². The molecule has 10 aromatic rings. The van der Waals surface area contributed by atoms with Gasteiger partial charge in [-0.05, 0) is 109 Å². The first-order valence-electron chi connectivity index (χ1n) is 22.6. The first kappa shape index (κ1) is 38.0. The van der Waals surface area contributed by atoms with E-state index in [1.807, 2.05) is 12.1 Å². The summed E-state index contributed by atoms with van der Waals surface area (Å²) in [5, 5.41) is 2.50. The van der Waals surface area contributed by atoms with Gasteiger partial charge in [0, 0.05) is 22.1 Å². The van der Waals surface area contributed by atoms with Crippen molar-refractivity contribution in [1.29, 1.82) is 0 Å². The predicted octanol–water partition coefficient (Wildman–Crippen LogP) is 15.9. The topological polar surface area (TPSA) is 38.7 Å². The first-order chi connectivity index (χ1) is 31.7. The third kappa shape index (κ3) is 6.64. The van der Waals surface area contributed by atoms with Crippen LogP contribution in [0.1, 0.15) is 43.2 Å². The molecule has 0 radical (unpaired) electrons. The largest absolute Gasteiger partial charge is 0.208 e. The minimum atomic E-state index is 0.121. The van der Waals surface area contributed by atoms with E-state index < -0.39 is 0 Å². The molecule has 12 rings (SSSR count). The van der Waals surface area contributed by atoms with Crippen LogP contribution in [-0.4, -0.2) is 15.0 Å². The van der Waals surface area contributed by atoms with Crippen LogP contribution in [0.3, 0.4) is 0 Å². The highest BCUT2D eigenvalue weighted by Crippen LogP contribution is 2.56. The third-order valence-corrected chi connectivity index (χ3v) is 13.8. The van der Waals surface area contributed by atoms with Crippen molar-refractivity contribution in [2.75, 3.05) is 0 Å². The maximum absolute atomic E-state index is 5.16. The van der Waals surface area contributed by atoms with Crippen LogP contribution in [0.5, 0.6) is 0 Å². The van der Waals surface area contributed by atoms with Gasteiger partial charge in [0.25, 0.3) is 0 Å². The molecule has 3 heteroatoms. The molecular weight excluding hydrogens is 775 g/mol. The monoisotopic (exact) mass is 819 g/mol. The molecule has 0 aliphatic heterocycles. The number of benzene rings is 9. The summed E-state index contributed by atoms with van der Waals surface area (Å²) in [6.45, 7) is 0. The van der Waals surface area contributed by atoms with Crippen molar-refractivity contribution in [2.45, 2.75) is 37.5 Å². The van der Waals surface area contributed by atoms with Crippen molar-refractivity contribution in [3.63, 3.8) is 0 Å². The van der Waals surface area contributed by atoms with E-state index in [-0.39, 0.29) is 5.41 Å². The molecule has 304 valence electrons. The summed E-state index contributed by atoms with van der Waals surface area (Å²) in [6, 6.07) is 76.6. The third-order valence-electron chi connectivity index (χ3n) is 13.8. The van der Waals surface area contributed by atoms with Gasteiger partial charge in [-0.15, -0.1) is 0 Å². The van der Waals surface area contributed by atoms with Gasteiger partial charge < -0.3 is 0 Å². The fourth-order valence-corrected chi connectivity index (χ4v) is 10.6. The fraction of sp³-hybridized carbons (Fsp3) is 0.0984. The maximum atomic E-state index is 5.16. The lowest BCUT2D eigenvalue weighted by Gasteiger charge is -2.36. The Balaban J connectivity index is 0.927. The van der Waals surface area contributed by atoms with Crippen molar-refractivity contribution >= 4 is 10.8 Å². The minimum Gasteiger partial charge on any atom is -0.208 e. The molecule has 0 unspecified atom stereocenters. The number of hydrogen-bond donors (Lipinski definition) is 0. The number of fused-ring (bicyclic) bond motifs is 6. The van der Waals surface area contributed by atoms with Gasteiger partial charge in [0.1, 0.15) is 0 Å². The van der Waals surface area contributed by atoms with Crippen LogP contribution in [-0.2, 0) is 5.41 Å². The normalized spacial score (nSPS) is 13.8. The van der Waals surface area contributed by atoms with Gasteiger partial charge in [0.15, 0.2) is 17.5 Å². The van der Waals surface area contributed by atoms with E-state index in [1.54, 1.807) is 0 Å². The zero-order chi connectivity index (χ0) is 42.5. The van der Waals surface area contributed by atoms with Gasteiger partial charge in [0.05, 0.1) is 0 Å². The van der Waals surface area contributed by atoms with E-state index in [4.69, 9.17) is 15.0 Å². The fourth-order valence-electron chi connectivity index (χ4n) is 10.6. The number of rotatable bonds is 7. The molecular formula is C61H45N3. The van der Waals surface area contributed by atoms with E-state index in [0.29, 0.717) is 17.5 Å². The molecule has 3 nitrogen and oxygen atoms in total. The van der Waals surface area contributed by atoms with E-state index in [0.717, 1.165) is 44.5 Å². The van der Waals surface area contributed by atoms with Gasteiger partial charge >= 0.3 is 0 Å². The highest BCUT2D eigenvalue weighted by Gasteiger charge is 2.43. The molecule has 0 amide bonds.